The Hall–Kier alpha value is -2.56. The molecular formula is C17H17FN2O2. The van der Waals surface area contributed by atoms with E-state index in [2.05, 4.69) is 4.98 Å². The van der Waals surface area contributed by atoms with Gasteiger partial charge < -0.3 is 13.9 Å². The van der Waals surface area contributed by atoms with Crippen LogP contribution in [0.25, 0.3) is 5.65 Å². The van der Waals surface area contributed by atoms with E-state index in [1.807, 2.05) is 36.7 Å². The molecule has 0 aliphatic carbocycles. The second-order valence-electron chi connectivity index (χ2n) is 5.20. The summed E-state index contributed by atoms with van der Waals surface area (Å²) in [5, 5.41) is 0. The molecule has 0 saturated carbocycles. The van der Waals surface area contributed by atoms with Crippen LogP contribution in [0.2, 0.25) is 0 Å². The molecule has 0 atom stereocenters. The van der Waals surface area contributed by atoms with E-state index in [1.54, 1.807) is 12.1 Å². The summed E-state index contributed by atoms with van der Waals surface area (Å²) >= 11 is 0. The quantitative estimate of drug-likeness (QED) is 0.737. The Kier molecular flexibility index (Phi) is 3.71. The fourth-order valence-corrected chi connectivity index (χ4v) is 2.45. The van der Waals surface area contributed by atoms with Gasteiger partial charge in [-0.3, -0.25) is 0 Å². The molecule has 5 heteroatoms. The molecule has 3 rings (SSSR count). The molecule has 0 unspecified atom stereocenters. The van der Waals surface area contributed by atoms with Gasteiger partial charge in [0.1, 0.15) is 18.2 Å². The molecule has 0 fully saturated rings. The van der Waals surface area contributed by atoms with Crippen LogP contribution in [0.4, 0.5) is 4.39 Å². The summed E-state index contributed by atoms with van der Waals surface area (Å²) in [7, 11) is 1.51. The van der Waals surface area contributed by atoms with Crippen molar-refractivity contribution in [3.63, 3.8) is 0 Å². The molecule has 0 bridgehead atoms. The van der Waals surface area contributed by atoms with Crippen molar-refractivity contribution in [2.24, 2.45) is 0 Å². The van der Waals surface area contributed by atoms with Crippen LogP contribution in [0.5, 0.6) is 11.5 Å². The lowest BCUT2D eigenvalue weighted by atomic mass is 10.2. The van der Waals surface area contributed by atoms with E-state index in [9.17, 15) is 4.39 Å². The first kappa shape index (κ1) is 14.4. The summed E-state index contributed by atoms with van der Waals surface area (Å²) in [6.45, 7) is 3.98. The number of methoxy groups -OCH3 is 1. The maximum atomic E-state index is 14.0. The van der Waals surface area contributed by atoms with E-state index < -0.39 is 0 Å². The molecule has 22 heavy (non-hydrogen) atoms. The second kappa shape index (κ2) is 5.67. The smallest absolute Gasteiger partial charge is 0.179 e. The molecule has 0 amide bonds. The van der Waals surface area contributed by atoms with E-state index in [0.29, 0.717) is 17.1 Å². The normalized spacial score (nSPS) is 10.9. The van der Waals surface area contributed by atoms with Crippen molar-refractivity contribution in [3.8, 4) is 11.5 Å². The van der Waals surface area contributed by atoms with Gasteiger partial charge >= 0.3 is 0 Å². The highest BCUT2D eigenvalue weighted by Crippen LogP contribution is 2.26. The number of imidazole rings is 1. The summed E-state index contributed by atoms with van der Waals surface area (Å²) in [6.07, 6.45) is 3.91. The lowest BCUT2D eigenvalue weighted by molar-refractivity contribution is 0.291. The zero-order valence-corrected chi connectivity index (χ0v) is 12.8. The summed E-state index contributed by atoms with van der Waals surface area (Å²) in [6, 6.07) is 6.62. The van der Waals surface area contributed by atoms with Crippen molar-refractivity contribution < 1.29 is 13.9 Å². The molecule has 0 N–H and O–H groups in total. The molecular weight excluding hydrogens is 283 g/mol. The third-order valence-corrected chi connectivity index (χ3v) is 3.44. The third-order valence-electron chi connectivity index (χ3n) is 3.44. The number of hydrogen-bond donors (Lipinski definition) is 0. The zero-order chi connectivity index (χ0) is 15.7. The number of aromatic nitrogens is 2. The molecule has 2 aromatic heterocycles. The first-order valence-corrected chi connectivity index (χ1v) is 6.98. The number of ether oxygens (including phenoxy) is 2. The predicted octanol–water partition coefficient (Wildman–Crippen LogP) is 3.68. The second-order valence-corrected chi connectivity index (χ2v) is 5.20. The number of aryl methyl sites for hydroxylation is 2. The number of halogens is 1. The van der Waals surface area contributed by atoms with E-state index >= 15 is 0 Å². The summed E-state index contributed by atoms with van der Waals surface area (Å²) < 4.78 is 26.9. The SMILES string of the molecule is COc1cccc(F)c1COc1cc(C)cn2cc(C)nc12. The first-order valence-electron chi connectivity index (χ1n) is 6.98. The van der Waals surface area contributed by atoms with E-state index in [0.717, 1.165) is 16.9 Å². The van der Waals surface area contributed by atoms with Crippen molar-refractivity contribution in [1.29, 1.82) is 0 Å². The van der Waals surface area contributed by atoms with Gasteiger partial charge in [0.05, 0.1) is 18.4 Å². The Bertz CT molecular complexity index is 827. The zero-order valence-electron chi connectivity index (χ0n) is 12.8. The average Bonchev–Trinajstić information content (AvgIpc) is 2.85. The average molecular weight is 300 g/mol. The van der Waals surface area contributed by atoms with Crippen LogP contribution >= 0.6 is 0 Å². The number of benzene rings is 1. The summed E-state index contributed by atoms with van der Waals surface area (Å²) in [5.41, 5.74) is 3.06. The molecule has 3 aromatic rings. The molecule has 2 heterocycles. The van der Waals surface area contributed by atoms with Crippen LogP contribution in [0.3, 0.4) is 0 Å². The monoisotopic (exact) mass is 300 g/mol. The Morgan fingerprint density at radius 1 is 1.18 bits per heavy atom. The van der Waals surface area contributed by atoms with Crippen molar-refractivity contribution in [2.75, 3.05) is 7.11 Å². The van der Waals surface area contributed by atoms with Gasteiger partial charge in [-0.15, -0.1) is 0 Å². The largest absolute Gasteiger partial charge is 0.496 e. The molecule has 0 saturated heterocycles. The van der Waals surface area contributed by atoms with Gasteiger partial charge in [-0.1, -0.05) is 6.07 Å². The van der Waals surface area contributed by atoms with Crippen LogP contribution in [0.15, 0.2) is 36.7 Å². The number of nitrogens with zero attached hydrogens (tertiary/aromatic N) is 2. The highest BCUT2D eigenvalue weighted by Gasteiger charge is 2.12. The van der Waals surface area contributed by atoms with Gasteiger partial charge in [-0.25, -0.2) is 9.37 Å². The van der Waals surface area contributed by atoms with Gasteiger partial charge in [0, 0.05) is 12.4 Å². The van der Waals surface area contributed by atoms with Crippen molar-refractivity contribution in [3.05, 3.63) is 59.3 Å². The van der Waals surface area contributed by atoms with E-state index in [1.165, 1.54) is 13.2 Å². The fourth-order valence-electron chi connectivity index (χ4n) is 2.45. The Morgan fingerprint density at radius 2 is 2.00 bits per heavy atom. The standard InChI is InChI=1S/C17H17FN2O2/c1-11-7-16(17-19-12(2)9-20(17)8-11)22-10-13-14(18)5-4-6-15(13)21-3/h4-9H,10H2,1-3H3. The fraction of sp³-hybridized carbons (Fsp3) is 0.235. The van der Waals surface area contributed by atoms with Crippen LogP contribution in [-0.4, -0.2) is 16.5 Å². The highest BCUT2D eigenvalue weighted by molar-refractivity contribution is 5.56. The predicted molar refractivity (Wildman–Crippen MR) is 82.0 cm³/mol. The Labute approximate surface area is 128 Å². The van der Waals surface area contributed by atoms with Crippen molar-refractivity contribution >= 4 is 5.65 Å². The van der Waals surface area contributed by atoms with Gasteiger partial charge in [0.2, 0.25) is 0 Å². The van der Waals surface area contributed by atoms with Gasteiger partial charge in [0.25, 0.3) is 0 Å². The molecule has 1 aromatic carbocycles. The van der Waals surface area contributed by atoms with Gasteiger partial charge in [-0.05, 0) is 37.6 Å². The lowest BCUT2D eigenvalue weighted by Gasteiger charge is -2.12. The van der Waals surface area contributed by atoms with Crippen molar-refractivity contribution in [2.45, 2.75) is 20.5 Å². The molecule has 4 nitrogen and oxygen atoms in total. The maximum Gasteiger partial charge on any atom is 0.179 e. The van der Waals surface area contributed by atoms with Crippen LogP contribution in [0.1, 0.15) is 16.8 Å². The number of fused-ring (bicyclic) bond motifs is 1. The van der Waals surface area contributed by atoms with Gasteiger partial charge in [0.15, 0.2) is 11.4 Å². The highest BCUT2D eigenvalue weighted by atomic mass is 19.1. The minimum Gasteiger partial charge on any atom is -0.496 e. The minimum atomic E-state index is -0.345. The number of hydrogen-bond acceptors (Lipinski definition) is 3. The van der Waals surface area contributed by atoms with Gasteiger partial charge in [-0.2, -0.15) is 0 Å². The minimum absolute atomic E-state index is 0.0842. The third kappa shape index (κ3) is 2.62. The molecule has 0 aliphatic heterocycles. The van der Waals surface area contributed by atoms with Crippen LogP contribution < -0.4 is 9.47 Å². The van der Waals surface area contributed by atoms with Crippen LogP contribution in [-0.2, 0) is 6.61 Å². The van der Waals surface area contributed by atoms with Crippen molar-refractivity contribution in [1.82, 2.24) is 9.38 Å². The topological polar surface area (TPSA) is 35.8 Å². The number of pyridine rings is 1. The Morgan fingerprint density at radius 3 is 2.77 bits per heavy atom. The van der Waals surface area contributed by atoms with E-state index in [4.69, 9.17) is 9.47 Å². The lowest BCUT2D eigenvalue weighted by Crippen LogP contribution is -2.03. The summed E-state index contributed by atoms with van der Waals surface area (Å²) in [5.74, 6) is 0.754. The molecule has 114 valence electrons. The van der Waals surface area contributed by atoms with Crippen LogP contribution in [0, 0.1) is 19.7 Å². The number of rotatable bonds is 4. The maximum absolute atomic E-state index is 14.0. The molecule has 0 aliphatic rings. The first-order chi connectivity index (χ1) is 10.6. The summed E-state index contributed by atoms with van der Waals surface area (Å²) in [4.78, 5) is 4.44. The van der Waals surface area contributed by atoms with E-state index in [-0.39, 0.29) is 12.4 Å². The molecule has 0 radical (unpaired) electrons. The molecule has 0 spiro atoms. The Balaban J connectivity index is 1.95.